The van der Waals surface area contributed by atoms with Crippen LogP contribution >= 0.6 is 0 Å². The molecule has 1 aromatic heterocycles. The summed E-state index contributed by atoms with van der Waals surface area (Å²) in [4.78, 5) is 28.8. The normalized spacial score (nSPS) is 12.8. The van der Waals surface area contributed by atoms with E-state index in [-0.39, 0.29) is 12.5 Å². The molecule has 168 valence electrons. The first-order chi connectivity index (χ1) is 16.7. The summed E-state index contributed by atoms with van der Waals surface area (Å²) in [6.07, 6.45) is 4.91. The van der Waals surface area contributed by atoms with Gasteiger partial charge in [-0.25, -0.2) is 5.43 Å². The summed E-state index contributed by atoms with van der Waals surface area (Å²) >= 11 is 0. The largest absolute Gasteiger partial charge is 0.454 e. The van der Waals surface area contributed by atoms with Gasteiger partial charge in [-0.2, -0.15) is 5.10 Å². The highest BCUT2D eigenvalue weighted by Gasteiger charge is 2.17. The number of ether oxygens (including phenoxy) is 2. The Bertz CT molecular complexity index is 1420. The third kappa shape index (κ3) is 4.51. The summed E-state index contributed by atoms with van der Waals surface area (Å²) in [5.41, 5.74) is 5.40. The summed E-state index contributed by atoms with van der Waals surface area (Å²) < 4.78 is 10.7. The molecule has 0 radical (unpaired) electrons. The average molecular weight is 452 g/mol. The molecule has 0 saturated carbocycles. The lowest BCUT2D eigenvalue weighted by atomic mass is 10.1. The van der Waals surface area contributed by atoms with Crippen LogP contribution in [0.5, 0.6) is 11.5 Å². The summed E-state index contributed by atoms with van der Waals surface area (Å²) in [7, 11) is 0. The molecule has 0 unspecified atom stereocenters. The van der Waals surface area contributed by atoms with Gasteiger partial charge in [0.25, 0.3) is 11.8 Å². The van der Waals surface area contributed by atoms with E-state index in [1.54, 1.807) is 61.0 Å². The number of carbonyl (C=O) groups excluding carboxylic acids is 2. The van der Waals surface area contributed by atoms with Gasteiger partial charge in [-0.1, -0.05) is 42.5 Å². The van der Waals surface area contributed by atoms with Gasteiger partial charge < -0.3 is 19.8 Å². The van der Waals surface area contributed by atoms with Crippen molar-refractivity contribution < 1.29 is 19.1 Å². The van der Waals surface area contributed by atoms with Crippen LogP contribution in [0.25, 0.3) is 17.0 Å². The number of H-pyrrole nitrogens is 1. The van der Waals surface area contributed by atoms with Gasteiger partial charge in [0.05, 0.1) is 6.21 Å². The number of fused-ring (bicyclic) bond motifs is 2. The van der Waals surface area contributed by atoms with Crippen molar-refractivity contribution >= 4 is 35.0 Å². The maximum Gasteiger partial charge on any atom is 0.287 e. The van der Waals surface area contributed by atoms with Crippen molar-refractivity contribution in [3.8, 4) is 11.5 Å². The number of benzene rings is 3. The first-order valence-electron chi connectivity index (χ1n) is 10.5. The molecule has 0 spiro atoms. The zero-order chi connectivity index (χ0) is 23.3. The second kappa shape index (κ2) is 9.33. The van der Waals surface area contributed by atoms with Crippen molar-refractivity contribution in [1.29, 1.82) is 0 Å². The quantitative estimate of drug-likeness (QED) is 0.235. The number of hydrogen-bond acceptors (Lipinski definition) is 5. The van der Waals surface area contributed by atoms with E-state index in [0.717, 1.165) is 16.5 Å². The Morgan fingerprint density at radius 2 is 1.74 bits per heavy atom. The number of aromatic nitrogens is 1. The third-order valence-corrected chi connectivity index (χ3v) is 5.23. The molecule has 8 nitrogen and oxygen atoms in total. The van der Waals surface area contributed by atoms with Crippen LogP contribution in [0.3, 0.4) is 0 Å². The molecular weight excluding hydrogens is 432 g/mol. The highest BCUT2D eigenvalue weighted by Crippen LogP contribution is 2.33. The van der Waals surface area contributed by atoms with E-state index < -0.39 is 11.8 Å². The second-order valence-corrected chi connectivity index (χ2v) is 7.48. The number of hydrazone groups is 1. The molecule has 0 saturated heterocycles. The van der Waals surface area contributed by atoms with Crippen molar-refractivity contribution in [3.63, 3.8) is 0 Å². The number of amides is 2. The fraction of sp³-hybridized carbons (Fsp3) is 0.0385. The van der Waals surface area contributed by atoms with Gasteiger partial charge in [0.15, 0.2) is 11.5 Å². The highest BCUT2D eigenvalue weighted by molar-refractivity contribution is 6.06. The Labute approximate surface area is 194 Å². The predicted molar refractivity (Wildman–Crippen MR) is 128 cm³/mol. The molecule has 2 amide bonds. The highest BCUT2D eigenvalue weighted by atomic mass is 16.7. The number of nitrogens with one attached hydrogen (secondary N) is 3. The monoisotopic (exact) mass is 452 g/mol. The Kier molecular flexibility index (Phi) is 5.77. The topological polar surface area (TPSA) is 105 Å². The van der Waals surface area contributed by atoms with Crippen LogP contribution in [0.4, 0.5) is 0 Å². The predicted octanol–water partition coefficient (Wildman–Crippen LogP) is 3.82. The van der Waals surface area contributed by atoms with E-state index in [1.165, 1.54) is 0 Å². The molecule has 2 heterocycles. The molecule has 1 aliphatic heterocycles. The Hall–Kier alpha value is -4.85. The van der Waals surface area contributed by atoms with E-state index in [2.05, 4.69) is 20.8 Å². The summed E-state index contributed by atoms with van der Waals surface area (Å²) in [5, 5.41) is 7.74. The lowest BCUT2D eigenvalue weighted by Crippen LogP contribution is -2.32. The van der Waals surface area contributed by atoms with Gasteiger partial charge in [-0.05, 0) is 42.0 Å². The van der Waals surface area contributed by atoms with Crippen molar-refractivity contribution in [2.45, 2.75) is 0 Å². The molecule has 34 heavy (non-hydrogen) atoms. The SMILES string of the molecule is O=C(N/N=C/c1c[nH]c2ccccc12)/C(=C\c1ccc2c(c1)OCO2)NC(=O)c1ccccc1. The van der Waals surface area contributed by atoms with Gasteiger partial charge in [-0.15, -0.1) is 0 Å². The molecule has 1 aliphatic rings. The van der Waals surface area contributed by atoms with E-state index in [0.29, 0.717) is 22.6 Å². The molecule has 0 atom stereocenters. The minimum Gasteiger partial charge on any atom is -0.454 e. The van der Waals surface area contributed by atoms with Crippen LogP contribution in [0, 0.1) is 0 Å². The maximum absolute atomic E-state index is 13.0. The van der Waals surface area contributed by atoms with Crippen LogP contribution < -0.4 is 20.2 Å². The Morgan fingerprint density at radius 3 is 2.62 bits per heavy atom. The molecule has 5 rings (SSSR count). The molecule has 0 aliphatic carbocycles. The van der Waals surface area contributed by atoms with Crippen molar-refractivity contribution in [3.05, 3.63) is 101 Å². The average Bonchev–Trinajstić information content (AvgIpc) is 3.51. The van der Waals surface area contributed by atoms with E-state index in [4.69, 9.17) is 9.47 Å². The van der Waals surface area contributed by atoms with E-state index in [9.17, 15) is 9.59 Å². The van der Waals surface area contributed by atoms with Crippen LogP contribution in [0.2, 0.25) is 0 Å². The maximum atomic E-state index is 13.0. The van der Waals surface area contributed by atoms with Crippen molar-refractivity contribution in [2.24, 2.45) is 5.10 Å². The molecule has 0 fully saturated rings. The van der Waals surface area contributed by atoms with Gasteiger partial charge in [0.1, 0.15) is 5.70 Å². The van der Waals surface area contributed by atoms with Crippen LogP contribution in [0.15, 0.2) is 89.8 Å². The first-order valence-corrected chi connectivity index (χ1v) is 10.5. The van der Waals surface area contributed by atoms with Crippen LogP contribution in [0.1, 0.15) is 21.5 Å². The second-order valence-electron chi connectivity index (χ2n) is 7.48. The third-order valence-electron chi connectivity index (χ3n) is 5.23. The molecule has 4 aromatic rings. The van der Waals surface area contributed by atoms with Crippen molar-refractivity contribution in [2.75, 3.05) is 6.79 Å². The fourth-order valence-corrected chi connectivity index (χ4v) is 3.53. The molecule has 0 bridgehead atoms. The lowest BCUT2D eigenvalue weighted by molar-refractivity contribution is -0.117. The number of hydrogen-bond donors (Lipinski definition) is 3. The fourth-order valence-electron chi connectivity index (χ4n) is 3.53. The minimum absolute atomic E-state index is 0.0313. The van der Waals surface area contributed by atoms with Gasteiger partial charge in [0, 0.05) is 28.2 Å². The lowest BCUT2D eigenvalue weighted by Gasteiger charge is -2.09. The summed E-state index contributed by atoms with van der Waals surface area (Å²) in [6.45, 7) is 0.142. The van der Waals surface area contributed by atoms with Gasteiger partial charge in [0.2, 0.25) is 6.79 Å². The van der Waals surface area contributed by atoms with Crippen LogP contribution in [-0.4, -0.2) is 29.8 Å². The minimum atomic E-state index is -0.571. The first kappa shape index (κ1) is 21.0. The molecule has 3 N–H and O–H groups in total. The zero-order valence-corrected chi connectivity index (χ0v) is 17.9. The van der Waals surface area contributed by atoms with E-state index >= 15 is 0 Å². The number of rotatable bonds is 6. The number of aromatic amines is 1. The van der Waals surface area contributed by atoms with Crippen LogP contribution in [-0.2, 0) is 4.79 Å². The molecule has 8 heteroatoms. The van der Waals surface area contributed by atoms with E-state index in [1.807, 2.05) is 30.3 Å². The Morgan fingerprint density at radius 1 is 0.941 bits per heavy atom. The zero-order valence-electron chi connectivity index (χ0n) is 17.9. The van der Waals surface area contributed by atoms with Gasteiger partial charge in [-0.3, -0.25) is 9.59 Å². The molecule has 3 aromatic carbocycles. The number of nitrogens with zero attached hydrogens (tertiary/aromatic N) is 1. The molecular formula is C26H20N4O4. The number of carbonyl (C=O) groups is 2. The summed E-state index contributed by atoms with van der Waals surface area (Å²) in [5.74, 6) is 0.210. The standard InChI is InChI=1S/C26H20N4O4/c31-25(18-6-2-1-3-7-18)29-22(12-17-10-11-23-24(13-17)34-16-33-23)26(32)30-28-15-19-14-27-21-9-5-4-8-20(19)21/h1-15,27H,16H2,(H,29,31)(H,30,32)/b22-12+,28-15+. The smallest absolute Gasteiger partial charge is 0.287 e. The Balaban J connectivity index is 1.38. The van der Waals surface area contributed by atoms with Crippen molar-refractivity contribution in [1.82, 2.24) is 15.7 Å². The summed E-state index contributed by atoms with van der Waals surface area (Å²) in [6, 6.07) is 21.7. The number of para-hydroxylation sites is 1. The van der Waals surface area contributed by atoms with Gasteiger partial charge >= 0.3 is 0 Å².